The van der Waals surface area contributed by atoms with Gasteiger partial charge in [0.25, 0.3) is 5.92 Å². The molecule has 6 nitrogen and oxygen atoms in total. The van der Waals surface area contributed by atoms with Gasteiger partial charge in [0.2, 0.25) is 11.7 Å². The first-order chi connectivity index (χ1) is 15.7. The lowest BCUT2D eigenvalue weighted by molar-refractivity contribution is -0.135. The molecular weight excluding hydrogens is 460 g/mol. The fourth-order valence-electron chi connectivity index (χ4n) is 3.88. The highest BCUT2D eigenvalue weighted by Crippen LogP contribution is 2.41. The summed E-state index contributed by atoms with van der Waals surface area (Å²) in [6, 6.07) is 7.13. The van der Waals surface area contributed by atoms with Gasteiger partial charge in [0.15, 0.2) is 11.6 Å². The minimum Gasteiger partial charge on any atom is -0.494 e. The van der Waals surface area contributed by atoms with Gasteiger partial charge in [0, 0.05) is 37.3 Å². The Labute approximate surface area is 194 Å². The summed E-state index contributed by atoms with van der Waals surface area (Å²) < 4.78 is 55.4. The largest absolute Gasteiger partial charge is 0.494 e. The van der Waals surface area contributed by atoms with Crippen molar-refractivity contribution < 1.29 is 27.1 Å². The number of pyridine rings is 1. The number of anilines is 1. The van der Waals surface area contributed by atoms with Crippen LogP contribution in [0.4, 0.5) is 23.2 Å². The molecule has 1 saturated carbocycles. The molecule has 0 unspecified atom stereocenters. The van der Waals surface area contributed by atoms with Crippen LogP contribution in [0.2, 0.25) is 0 Å². The third-order valence-electron chi connectivity index (χ3n) is 5.67. The Hall–Kier alpha value is -2.37. The number of benzene rings is 1. The molecule has 1 atom stereocenters. The van der Waals surface area contributed by atoms with Crippen LogP contribution in [0.25, 0.3) is 0 Å². The number of amides is 1. The second kappa shape index (κ2) is 11.2. The SMILES string of the molecule is COc1cccc(F)c1F.NSc1cc(NC(=O)[C@H]2CCCN(C3CC(F)(F)C3)C2)ccn1. The Kier molecular flexibility index (Phi) is 8.55. The number of likely N-dealkylation sites (tertiary alicyclic amines) is 1. The monoisotopic (exact) mass is 486 g/mol. The Balaban J connectivity index is 0.000000257. The van der Waals surface area contributed by atoms with Crippen molar-refractivity contribution in [1.82, 2.24) is 9.88 Å². The molecule has 2 aromatic rings. The summed E-state index contributed by atoms with van der Waals surface area (Å²) in [4.78, 5) is 18.5. The summed E-state index contributed by atoms with van der Waals surface area (Å²) in [6.07, 6.45) is 3.08. The molecule has 1 aliphatic carbocycles. The van der Waals surface area contributed by atoms with Crippen LogP contribution in [0.5, 0.6) is 5.75 Å². The van der Waals surface area contributed by atoms with Gasteiger partial charge in [0.1, 0.15) is 5.03 Å². The molecule has 0 bridgehead atoms. The van der Waals surface area contributed by atoms with Gasteiger partial charge in [-0.15, -0.1) is 0 Å². The van der Waals surface area contributed by atoms with Crippen LogP contribution in [-0.2, 0) is 4.79 Å². The van der Waals surface area contributed by atoms with E-state index in [2.05, 4.69) is 15.0 Å². The highest BCUT2D eigenvalue weighted by molar-refractivity contribution is 7.97. The van der Waals surface area contributed by atoms with Crippen molar-refractivity contribution in [2.75, 3.05) is 25.5 Å². The minimum absolute atomic E-state index is 0.0694. The van der Waals surface area contributed by atoms with Crippen LogP contribution in [-0.4, -0.2) is 48.0 Å². The highest BCUT2D eigenvalue weighted by Gasteiger charge is 2.48. The van der Waals surface area contributed by atoms with E-state index in [1.165, 1.54) is 19.2 Å². The number of aromatic nitrogens is 1. The molecule has 2 aliphatic rings. The minimum atomic E-state index is -2.52. The molecule has 11 heteroatoms. The lowest BCUT2D eigenvalue weighted by Gasteiger charge is -2.45. The summed E-state index contributed by atoms with van der Waals surface area (Å²) in [5.74, 6) is -4.66. The van der Waals surface area contributed by atoms with Gasteiger partial charge in [0.05, 0.1) is 13.0 Å². The second-order valence-corrected chi connectivity index (χ2v) is 8.65. The van der Waals surface area contributed by atoms with Crippen LogP contribution in [0, 0.1) is 17.6 Å². The number of carbonyl (C=O) groups is 1. The van der Waals surface area contributed by atoms with E-state index >= 15 is 0 Å². The van der Waals surface area contributed by atoms with E-state index in [-0.39, 0.29) is 36.5 Å². The van der Waals surface area contributed by atoms with Crippen molar-refractivity contribution in [3.05, 3.63) is 48.2 Å². The van der Waals surface area contributed by atoms with Crippen LogP contribution in [0.1, 0.15) is 25.7 Å². The second-order valence-electron chi connectivity index (χ2n) is 8.00. The molecule has 1 aliphatic heterocycles. The zero-order valence-corrected chi connectivity index (χ0v) is 18.9. The quantitative estimate of drug-likeness (QED) is 0.480. The fraction of sp³-hybridized carbons (Fsp3) is 0.455. The number of piperidine rings is 1. The lowest BCUT2D eigenvalue weighted by Crippen LogP contribution is -2.54. The van der Waals surface area contributed by atoms with Crippen molar-refractivity contribution in [1.29, 1.82) is 0 Å². The first-order valence-electron chi connectivity index (χ1n) is 10.5. The first kappa shape index (κ1) is 25.3. The summed E-state index contributed by atoms with van der Waals surface area (Å²) in [5, 5.41) is 8.97. The normalized spacial score (nSPS) is 20.2. The van der Waals surface area contributed by atoms with Crippen molar-refractivity contribution in [2.45, 2.75) is 42.7 Å². The number of alkyl halides is 2. The lowest BCUT2D eigenvalue weighted by atomic mass is 9.84. The Bertz CT molecular complexity index is 958. The van der Waals surface area contributed by atoms with E-state index < -0.39 is 17.6 Å². The number of carbonyl (C=O) groups excluding carboxylic acids is 1. The maximum Gasteiger partial charge on any atom is 0.251 e. The summed E-state index contributed by atoms with van der Waals surface area (Å²) in [6.45, 7) is 1.35. The van der Waals surface area contributed by atoms with E-state index in [4.69, 9.17) is 5.14 Å². The molecule has 1 saturated heterocycles. The maximum absolute atomic E-state index is 13.0. The predicted molar refractivity (Wildman–Crippen MR) is 118 cm³/mol. The smallest absolute Gasteiger partial charge is 0.251 e. The van der Waals surface area contributed by atoms with Gasteiger partial charge in [-0.2, -0.15) is 4.39 Å². The third-order valence-corrected chi connectivity index (χ3v) is 6.13. The standard InChI is InChI=1S/C15H20F2N4OS.C7H6F2O/c16-15(17)7-12(8-15)21-5-1-2-10(9-21)14(22)20-11-3-4-19-13(6-11)23-18;1-10-6-4-2-3-5(8)7(6)9/h3-4,6,10,12H,1-2,5,7-9,18H2,(H,19,20,22);2-4H,1H3/t10-;/m0./s1. The molecule has 0 radical (unpaired) electrons. The number of rotatable bonds is 5. The van der Waals surface area contributed by atoms with Crippen LogP contribution < -0.4 is 15.2 Å². The van der Waals surface area contributed by atoms with Crippen molar-refractivity contribution in [3.8, 4) is 5.75 Å². The number of nitrogens with one attached hydrogen (secondary N) is 1. The summed E-state index contributed by atoms with van der Waals surface area (Å²) >= 11 is 1.02. The molecule has 2 heterocycles. The van der Waals surface area contributed by atoms with Crippen LogP contribution in [0.3, 0.4) is 0 Å². The highest BCUT2D eigenvalue weighted by atomic mass is 32.2. The number of ether oxygens (including phenoxy) is 1. The maximum atomic E-state index is 13.0. The van der Waals surface area contributed by atoms with Crippen molar-refractivity contribution in [2.24, 2.45) is 11.1 Å². The number of methoxy groups -OCH3 is 1. The van der Waals surface area contributed by atoms with Gasteiger partial charge >= 0.3 is 0 Å². The van der Waals surface area contributed by atoms with E-state index in [9.17, 15) is 22.4 Å². The van der Waals surface area contributed by atoms with Crippen molar-refractivity contribution >= 4 is 23.5 Å². The van der Waals surface area contributed by atoms with Crippen LogP contribution >= 0.6 is 11.9 Å². The number of nitrogens with zero attached hydrogens (tertiary/aromatic N) is 2. The van der Waals surface area contributed by atoms with Gasteiger partial charge in [-0.3, -0.25) is 14.8 Å². The average molecular weight is 487 g/mol. The molecule has 1 amide bonds. The number of nitrogens with two attached hydrogens (primary N) is 1. The molecular formula is C22H26F4N4O2S. The summed E-state index contributed by atoms with van der Waals surface area (Å²) in [7, 11) is 1.29. The average Bonchev–Trinajstić information content (AvgIpc) is 2.80. The molecule has 1 aromatic heterocycles. The Morgan fingerprint density at radius 3 is 2.70 bits per heavy atom. The fourth-order valence-corrected chi connectivity index (χ4v) is 4.19. The zero-order valence-electron chi connectivity index (χ0n) is 18.1. The van der Waals surface area contributed by atoms with Crippen LogP contribution in [0.15, 0.2) is 41.6 Å². The molecule has 180 valence electrons. The first-order valence-corrected chi connectivity index (χ1v) is 11.3. The molecule has 2 fully saturated rings. The van der Waals surface area contributed by atoms with Gasteiger partial charge in [-0.25, -0.2) is 18.2 Å². The van der Waals surface area contributed by atoms with E-state index in [0.717, 1.165) is 37.4 Å². The number of halogens is 4. The van der Waals surface area contributed by atoms with E-state index in [1.54, 1.807) is 18.3 Å². The van der Waals surface area contributed by atoms with Gasteiger partial charge in [-0.1, -0.05) is 6.07 Å². The predicted octanol–water partition coefficient (Wildman–Crippen LogP) is 4.47. The topological polar surface area (TPSA) is 80.5 Å². The summed E-state index contributed by atoms with van der Waals surface area (Å²) in [5.41, 5.74) is 0.658. The molecule has 1 aromatic carbocycles. The zero-order chi connectivity index (χ0) is 24.0. The Morgan fingerprint density at radius 1 is 1.30 bits per heavy atom. The van der Waals surface area contributed by atoms with Gasteiger partial charge < -0.3 is 10.1 Å². The van der Waals surface area contributed by atoms with E-state index in [1.807, 2.05) is 4.90 Å². The van der Waals surface area contributed by atoms with E-state index in [0.29, 0.717) is 17.3 Å². The molecule has 4 rings (SSSR count). The number of hydrogen-bond acceptors (Lipinski definition) is 6. The molecule has 3 N–H and O–H groups in total. The Morgan fingerprint density at radius 2 is 2.06 bits per heavy atom. The number of hydrogen-bond donors (Lipinski definition) is 2. The van der Waals surface area contributed by atoms with Gasteiger partial charge in [-0.05, 0) is 55.6 Å². The molecule has 33 heavy (non-hydrogen) atoms. The third kappa shape index (κ3) is 6.81. The molecule has 0 spiro atoms. The van der Waals surface area contributed by atoms with Crippen molar-refractivity contribution in [3.63, 3.8) is 0 Å².